The Kier molecular flexibility index (Phi) is 7.98. The summed E-state index contributed by atoms with van der Waals surface area (Å²) in [6.07, 6.45) is 0. The van der Waals surface area contributed by atoms with E-state index in [0.717, 1.165) is 23.2 Å². The van der Waals surface area contributed by atoms with Crippen LogP contribution in [0, 0.1) is 6.92 Å². The number of aryl methyl sites for hydroxylation is 1. The van der Waals surface area contributed by atoms with Crippen LogP contribution in [0.5, 0.6) is 0 Å². The molecule has 0 radical (unpaired) electrons. The highest BCUT2D eigenvalue weighted by atomic mass is 32.2. The van der Waals surface area contributed by atoms with Crippen LogP contribution in [0.2, 0.25) is 0 Å². The van der Waals surface area contributed by atoms with Crippen molar-refractivity contribution < 1.29 is 12.8 Å². The Bertz CT molecular complexity index is 1390. The summed E-state index contributed by atoms with van der Waals surface area (Å²) in [7, 11) is -1.47. The van der Waals surface area contributed by atoms with Crippen molar-refractivity contribution >= 4 is 28.0 Å². The number of sulfone groups is 1. The highest BCUT2D eigenvalue weighted by Crippen LogP contribution is 2.27. The topological polar surface area (TPSA) is 136 Å². The molecule has 0 amide bonds. The van der Waals surface area contributed by atoms with E-state index in [1.165, 1.54) is 0 Å². The zero-order valence-corrected chi connectivity index (χ0v) is 21.3. The third-order valence-electron chi connectivity index (χ3n) is 5.44. The molecule has 0 unspecified atom stereocenters. The van der Waals surface area contributed by atoms with Crippen molar-refractivity contribution in [3.8, 4) is 11.5 Å². The number of nitrogens with one attached hydrogen (secondary N) is 1. The van der Waals surface area contributed by atoms with Gasteiger partial charge in [-0.1, -0.05) is 24.3 Å². The van der Waals surface area contributed by atoms with Gasteiger partial charge in [0.15, 0.2) is 21.4 Å². The fourth-order valence-corrected chi connectivity index (χ4v) is 4.45. The lowest BCUT2D eigenvalue weighted by Crippen LogP contribution is -2.14. The van der Waals surface area contributed by atoms with Crippen LogP contribution in [0.15, 0.2) is 67.6 Å². The average molecular weight is 495 g/mol. The lowest BCUT2D eigenvalue weighted by molar-refractivity contribution is 0.551. The number of aromatic nitrogens is 2. The summed E-state index contributed by atoms with van der Waals surface area (Å²) in [5.41, 5.74) is 10.4. The first-order valence-electron chi connectivity index (χ1n) is 11.0. The molecule has 0 atom stereocenters. The molecule has 35 heavy (non-hydrogen) atoms. The number of aliphatic imine (C=N–C) groups is 2. The molecule has 0 aliphatic heterocycles. The van der Waals surface area contributed by atoms with E-state index in [0.29, 0.717) is 17.2 Å². The summed E-state index contributed by atoms with van der Waals surface area (Å²) in [6.45, 7) is 11.3. The van der Waals surface area contributed by atoms with Crippen molar-refractivity contribution in [2.75, 3.05) is 7.05 Å². The molecule has 3 aromatic rings. The molecule has 0 spiro atoms. The van der Waals surface area contributed by atoms with Crippen LogP contribution in [0.4, 0.5) is 0 Å². The Labute approximate surface area is 205 Å². The van der Waals surface area contributed by atoms with E-state index >= 15 is 0 Å². The van der Waals surface area contributed by atoms with Gasteiger partial charge in [0.05, 0.1) is 10.1 Å². The van der Waals surface area contributed by atoms with Crippen molar-refractivity contribution in [3.63, 3.8) is 0 Å². The number of nitrogens with zero attached hydrogens (tertiary/aromatic N) is 4. The Balaban J connectivity index is 1.96. The molecule has 0 aliphatic carbocycles. The molecule has 0 aliphatic rings. The maximum Gasteiger partial charge on any atom is 0.270 e. The van der Waals surface area contributed by atoms with Gasteiger partial charge in [-0.25, -0.2) is 18.4 Å². The normalized spacial score (nSPS) is 13.1. The van der Waals surface area contributed by atoms with Crippen LogP contribution in [0.1, 0.15) is 43.4 Å². The fourth-order valence-electron chi connectivity index (χ4n) is 3.39. The highest BCUT2D eigenvalue weighted by molar-refractivity contribution is 7.92. The number of benzene rings is 2. The van der Waals surface area contributed by atoms with Crippen molar-refractivity contribution in [1.82, 2.24) is 15.5 Å². The predicted octanol–water partition coefficient (Wildman–Crippen LogP) is 3.74. The van der Waals surface area contributed by atoms with Gasteiger partial charge in [-0.15, -0.1) is 10.2 Å². The van der Waals surface area contributed by atoms with E-state index in [9.17, 15) is 8.42 Å². The maximum absolute atomic E-state index is 12.4. The number of nitrogens with two attached hydrogens (primary N) is 1. The molecule has 0 saturated heterocycles. The first-order valence-corrected chi connectivity index (χ1v) is 12.6. The molecule has 184 valence electrons. The monoisotopic (exact) mass is 494 g/mol. The first-order chi connectivity index (χ1) is 16.6. The van der Waals surface area contributed by atoms with Gasteiger partial charge in [0, 0.05) is 17.8 Å². The number of hydrogen-bond acceptors (Lipinski definition) is 9. The fraction of sp³-hybridized carbons (Fsp3) is 0.280. The van der Waals surface area contributed by atoms with E-state index in [2.05, 4.69) is 38.3 Å². The minimum Gasteiger partial charge on any atom is -0.414 e. The van der Waals surface area contributed by atoms with Crippen LogP contribution >= 0.6 is 0 Å². The van der Waals surface area contributed by atoms with Gasteiger partial charge in [-0.2, -0.15) is 0 Å². The minimum absolute atomic E-state index is 0.0274. The third kappa shape index (κ3) is 5.72. The van der Waals surface area contributed by atoms with E-state index in [4.69, 9.17) is 10.2 Å². The Morgan fingerprint density at radius 3 is 2.43 bits per heavy atom. The number of rotatable bonds is 9. The van der Waals surface area contributed by atoms with Crippen molar-refractivity contribution in [2.24, 2.45) is 15.7 Å². The van der Waals surface area contributed by atoms with E-state index in [1.54, 1.807) is 45.0 Å². The van der Waals surface area contributed by atoms with Gasteiger partial charge in [0.2, 0.25) is 5.89 Å². The summed E-state index contributed by atoms with van der Waals surface area (Å²) < 4.78 is 30.7. The summed E-state index contributed by atoms with van der Waals surface area (Å²) in [5, 5.41) is 10.9. The SMILES string of the molecule is C=N/C(N)=C(\N=C(/C)c1ccc(S(=O)(=O)C(C)C)cc1)c1nnc(-c2ccc(CNC)cc2C)o1. The maximum atomic E-state index is 12.4. The second-order valence-corrected chi connectivity index (χ2v) is 10.8. The number of hydrogen-bond donors (Lipinski definition) is 2. The van der Waals surface area contributed by atoms with E-state index < -0.39 is 15.1 Å². The van der Waals surface area contributed by atoms with Crippen LogP contribution in [-0.2, 0) is 16.4 Å². The second kappa shape index (κ2) is 10.7. The molecule has 1 aromatic heterocycles. The molecule has 9 nitrogen and oxygen atoms in total. The summed E-state index contributed by atoms with van der Waals surface area (Å²) >= 11 is 0. The van der Waals surface area contributed by atoms with Crippen molar-refractivity contribution in [1.29, 1.82) is 0 Å². The lowest BCUT2D eigenvalue weighted by Gasteiger charge is -2.09. The largest absolute Gasteiger partial charge is 0.414 e. The predicted molar refractivity (Wildman–Crippen MR) is 139 cm³/mol. The Morgan fingerprint density at radius 1 is 1.17 bits per heavy atom. The summed E-state index contributed by atoms with van der Waals surface area (Å²) in [4.78, 5) is 8.62. The third-order valence-corrected chi connectivity index (χ3v) is 7.61. The van der Waals surface area contributed by atoms with Gasteiger partial charge in [0.25, 0.3) is 5.89 Å². The zero-order chi connectivity index (χ0) is 25.8. The van der Waals surface area contributed by atoms with Crippen LogP contribution in [-0.4, -0.2) is 43.3 Å². The smallest absolute Gasteiger partial charge is 0.270 e. The first kappa shape index (κ1) is 26.0. The molecule has 3 N–H and O–H groups in total. The van der Waals surface area contributed by atoms with Crippen molar-refractivity contribution in [3.05, 3.63) is 70.9 Å². The van der Waals surface area contributed by atoms with Gasteiger partial charge >= 0.3 is 0 Å². The molecule has 0 fully saturated rings. The summed E-state index contributed by atoms with van der Waals surface area (Å²) in [5.74, 6) is 0.459. The van der Waals surface area contributed by atoms with Crippen LogP contribution in [0.25, 0.3) is 17.2 Å². The zero-order valence-electron chi connectivity index (χ0n) is 20.5. The van der Waals surface area contributed by atoms with Gasteiger partial charge in [-0.3, -0.25) is 0 Å². The molecule has 0 bridgehead atoms. The summed E-state index contributed by atoms with van der Waals surface area (Å²) in [6, 6.07) is 12.5. The molecule has 10 heteroatoms. The molecule has 0 saturated carbocycles. The molecule has 3 rings (SSSR count). The minimum atomic E-state index is -3.37. The van der Waals surface area contributed by atoms with Gasteiger partial charge in [0.1, 0.15) is 0 Å². The van der Waals surface area contributed by atoms with Crippen LogP contribution in [0.3, 0.4) is 0 Å². The molecular formula is C25H30N6O3S. The quantitative estimate of drug-likeness (QED) is 0.432. The Morgan fingerprint density at radius 2 is 1.86 bits per heavy atom. The van der Waals surface area contributed by atoms with Gasteiger partial charge in [-0.05, 0) is 76.3 Å². The molecular weight excluding hydrogens is 464 g/mol. The van der Waals surface area contributed by atoms with Crippen molar-refractivity contribution in [2.45, 2.75) is 44.4 Å². The van der Waals surface area contributed by atoms with Gasteiger partial charge < -0.3 is 15.5 Å². The second-order valence-electron chi connectivity index (χ2n) is 8.30. The molecule has 1 heterocycles. The van der Waals surface area contributed by atoms with E-state index in [-0.39, 0.29) is 22.3 Å². The lowest BCUT2D eigenvalue weighted by atomic mass is 10.1. The van der Waals surface area contributed by atoms with E-state index in [1.807, 2.05) is 26.1 Å². The standard InChI is InChI=1S/C25H30N6O3S/c1-15(2)35(32,33)20-10-8-19(9-11-20)17(4)29-22(23(26)28-6)25-31-30-24(34-25)21-12-7-18(14-27-5)13-16(21)3/h7-13,15,27H,6,14,26H2,1-5H3/b23-22-,29-17+. The Hall–Kier alpha value is -3.63. The van der Waals surface area contributed by atoms with Crippen LogP contribution < -0.4 is 11.1 Å². The highest BCUT2D eigenvalue weighted by Gasteiger charge is 2.20. The average Bonchev–Trinajstić information content (AvgIpc) is 3.31. The molecule has 2 aromatic carbocycles.